The highest BCUT2D eigenvalue weighted by atomic mass is 19.1. The Labute approximate surface area is 122 Å². The van der Waals surface area contributed by atoms with Crippen molar-refractivity contribution in [3.63, 3.8) is 0 Å². The van der Waals surface area contributed by atoms with Gasteiger partial charge in [-0.25, -0.2) is 4.39 Å². The molecule has 1 heterocycles. The van der Waals surface area contributed by atoms with Gasteiger partial charge < -0.3 is 15.4 Å². The van der Waals surface area contributed by atoms with Crippen LogP contribution < -0.4 is 15.4 Å². The van der Waals surface area contributed by atoms with E-state index in [9.17, 15) is 4.39 Å². The van der Waals surface area contributed by atoms with E-state index in [1.165, 1.54) is 12.1 Å². The minimum absolute atomic E-state index is 0.0259. The van der Waals surface area contributed by atoms with E-state index in [-0.39, 0.29) is 17.9 Å². The molecule has 0 saturated carbocycles. The monoisotopic (exact) mass is 291 g/mol. The summed E-state index contributed by atoms with van der Waals surface area (Å²) in [4.78, 5) is 12.5. The topological polar surface area (TPSA) is 72.0 Å². The van der Waals surface area contributed by atoms with Crippen LogP contribution in [0, 0.1) is 5.82 Å². The van der Waals surface area contributed by atoms with Gasteiger partial charge in [-0.05, 0) is 31.5 Å². The Kier molecular flexibility index (Phi) is 4.86. The van der Waals surface area contributed by atoms with Crippen LogP contribution in [0.3, 0.4) is 0 Å². The molecule has 0 aliphatic carbocycles. The molecule has 7 heteroatoms. The standard InChI is InChI=1S/C14H18FN5O/c1-9(2)21-14-19-12(16-3)18-13(20-14)17-8-10-4-6-11(15)7-5-10/h4-7,9H,8H2,1-3H3,(H2,16,17,18,19,20). The lowest BCUT2D eigenvalue weighted by atomic mass is 10.2. The summed E-state index contributed by atoms with van der Waals surface area (Å²) in [7, 11) is 1.72. The van der Waals surface area contributed by atoms with Gasteiger partial charge in [0.25, 0.3) is 0 Å². The van der Waals surface area contributed by atoms with Gasteiger partial charge in [0.2, 0.25) is 11.9 Å². The molecule has 21 heavy (non-hydrogen) atoms. The predicted octanol–water partition coefficient (Wildman–Crippen LogP) is 2.45. The number of nitrogens with one attached hydrogen (secondary N) is 2. The summed E-state index contributed by atoms with van der Waals surface area (Å²) in [5, 5.41) is 5.92. The van der Waals surface area contributed by atoms with E-state index < -0.39 is 0 Å². The molecule has 1 aromatic carbocycles. The van der Waals surface area contributed by atoms with E-state index >= 15 is 0 Å². The molecule has 0 amide bonds. The maximum absolute atomic E-state index is 12.8. The average Bonchev–Trinajstić information content (AvgIpc) is 2.45. The number of benzene rings is 1. The molecule has 0 saturated heterocycles. The summed E-state index contributed by atoms with van der Waals surface area (Å²) >= 11 is 0. The highest BCUT2D eigenvalue weighted by Gasteiger charge is 2.08. The summed E-state index contributed by atoms with van der Waals surface area (Å²) in [5.74, 6) is 0.556. The largest absolute Gasteiger partial charge is 0.461 e. The third kappa shape index (κ3) is 4.55. The Morgan fingerprint density at radius 2 is 1.76 bits per heavy atom. The van der Waals surface area contributed by atoms with Crippen LogP contribution in [-0.4, -0.2) is 28.1 Å². The molecule has 0 bridgehead atoms. The first-order chi connectivity index (χ1) is 10.1. The number of halogens is 1. The van der Waals surface area contributed by atoms with E-state index in [0.717, 1.165) is 5.56 Å². The van der Waals surface area contributed by atoms with Crippen molar-refractivity contribution in [3.05, 3.63) is 35.6 Å². The Hall–Kier alpha value is -2.44. The van der Waals surface area contributed by atoms with Crippen LogP contribution in [0.25, 0.3) is 0 Å². The fraction of sp³-hybridized carbons (Fsp3) is 0.357. The molecular weight excluding hydrogens is 273 g/mol. The molecule has 0 radical (unpaired) electrons. The maximum Gasteiger partial charge on any atom is 0.323 e. The summed E-state index contributed by atoms with van der Waals surface area (Å²) < 4.78 is 18.3. The molecule has 0 spiro atoms. The van der Waals surface area contributed by atoms with Gasteiger partial charge in [-0.3, -0.25) is 0 Å². The third-order valence-corrected chi connectivity index (χ3v) is 2.54. The Bertz CT molecular complexity index is 588. The van der Waals surface area contributed by atoms with E-state index in [0.29, 0.717) is 18.4 Å². The highest BCUT2D eigenvalue weighted by Crippen LogP contribution is 2.13. The van der Waals surface area contributed by atoms with E-state index in [1.54, 1.807) is 19.2 Å². The molecule has 1 aromatic heterocycles. The van der Waals surface area contributed by atoms with Gasteiger partial charge in [0.1, 0.15) is 5.82 Å². The number of nitrogens with zero attached hydrogens (tertiary/aromatic N) is 3. The zero-order chi connectivity index (χ0) is 15.2. The third-order valence-electron chi connectivity index (χ3n) is 2.54. The zero-order valence-corrected chi connectivity index (χ0v) is 12.2. The first kappa shape index (κ1) is 15.0. The molecule has 0 aliphatic rings. The summed E-state index contributed by atoms with van der Waals surface area (Å²) in [6.45, 7) is 4.28. The molecule has 2 aromatic rings. The van der Waals surface area contributed by atoms with Gasteiger partial charge in [0.15, 0.2) is 0 Å². The normalized spacial score (nSPS) is 10.5. The Morgan fingerprint density at radius 3 is 2.38 bits per heavy atom. The van der Waals surface area contributed by atoms with E-state index in [2.05, 4.69) is 25.6 Å². The van der Waals surface area contributed by atoms with Crippen molar-refractivity contribution in [3.8, 4) is 6.01 Å². The van der Waals surface area contributed by atoms with E-state index in [1.807, 2.05) is 13.8 Å². The lowest BCUT2D eigenvalue weighted by Gasteiger charge is -2.11. The smallest absolute Gasteiger partial charge is 0.323 e. The second kappa shape index (κ2) is 6.83. The van der Waals surface area contributed by atoms with Crippen LogP contribution in [0.15, 0.2) is 24.3 Å². The fourth-order valence-electron chi connectivity index (χ4n) is 1.59. The summed E-state index contributed by atoms with van der Waals surface area (Å²) in [6, 6.07) is 6.49. The molecule has 6 nitrogen and oxygen atoms in total. The van der Waals surface area contributed by atoms with Crippen LogP contribution in [-0.2, 0) is 6.54 Å². The van der Waals surface area contributed by atoms with Gasteiger partial charge >= 0.3 is 6.01 Å². The molecule has 0 fully saturated rings. The van der Waals surface area contributed by atoms with Gasteiger partial charge in [-0.15, -0.1) is 0 Å². The van der Waals surface area contributed by atoms with Crippen LogP contribution in [0.1, 0.15) is 19.4 Å². The van der Waals surface area contributed by atoms with Gasteiger partial charge in [-0.1, -0.05) is 12.1 Å². The fourth-order valence-corrected chi connectivity index (χ4v) is 1.59. The number of aromatic nitrogens is 3. The molecule has 2 rings (SSSR count). The Morgan fingerprint density at radius 1 is 1.10 bits per heavy atom. The Balaban J connectivity index is 2.09. The van der Waals surface area contributed by atoms with Crippen molar-refractivity contribution in [2.24, 2.45) is 0 Å². The van der Waals surface area contributed by atoms with Crippen LogP contribution in [0.4, 0.5) is 16.3 Å². The highest BCUT2D eigenvalue weighted by molar-refractivity contribution is 5.36. The lowest BCUT2D eigenvalue weighted by Crippen LogP contribution is -2.13. The SMILES string of the molecule is CNc1nc(NCc2ccc(F)cc2)nc(OC(C)C)n1. The predicted molar refractivity (Wildman–Crippen MR) is 78.9 cm³/mol. The molecule has 0 aliphatic heterocycles. The second-order valence-electron chi connectivity index (χ2n) is 4.66. The maximum atomic E-state index is 12.8. The number of ether oxygens (including phenoxy) is 1. The van der Waals surface area contributed by atoms with Crippen LogP contribution in [0.2, 0.25) is 0 Å². The number of anilines is 2. The van der Waals surface area contributed by atoms with Crippen molar-refractivity contribution in [1.29, 1.82) is 0 Å². The van der Waals surface area contributed by atoms with Gasteiger partial charge in [0.05, 0.1) is 6.10 Å². The first-order valence-corrected chi connectivity index (χ1v) is 6.65. The minimum atomic E-state index is -0.260. The van der Waals surface area contributed by atoms with Crippen molar-refractivity contribution in [2.45, 2.75) is 26.5 Å². The van der Waals surface area contributed by atoms with E-state index in [4.69, 9.17) is 4.74 Å². The molecule has 0 atom stereocenters. The second-order valence-corrected chi connectivity index (χ2v) is 4.66. The lowest BCUT2D eigenvalue weighted by molar-refractivity contribution is 0.222. The molecule has 0 unspecified atom stereocenters. The summed E-state index contributed by atoms with van der Waals surface area (Å²) in [6.07, 6.45) is -0.0259. The quantitative estimate of drug-likeness (QED) is 0.852. The van der Waals surface area contributed by atoms with Crippen molar-refractivity contribution in [2.75, 3.05) is 17.7 Å². The molecule has 2 N–H and O–H groups in total. The van der Waals surface area contributed by atoms with Crippen LogP contribution in [0.5, 0.6) is 6.01 Å². The number of rotatable bonds is 6. The van der Waals surface area contributed by atoms with Gasteiger partial charge in [0, 0.05) is 13.6 Å². The zero-order valence-electron chi connectivity index (χ0n) is 12.2. The first-order valence-electron chi connectivity index (χ1n) is 6.65. The molecule has 112 valence electrons. The molecular formula is C14H18FN5O. The van der Waals surface area contributed by atoms with Crippen molar-refractivity contribution in [1.82, 2.24) is 15.0 Å². The number of hydrogen-bond donors (Lipinski definition) is 2. The average molecular weight is 291 g/mol. The van der Waals surface area contributed by atoms with Crippen molar-refractivity contribution >= 4 is 11.9 Å². The summed E-state index contributed by atoms with van der Waals surface area (Å²) in [5.41, 5.74) is 0.925. The van der Waals surface area contributed by atoms with Gasteiger partial charge in [-0.2, -0.15) is 15.0 Å². The number of hydrogen-bond acceptors (Lipinski definition) is 6. The van der Waals surface area contributed by atoms with Crippen molar-refractivity contribution < 1.29 is 9.13 Å². The minimum Gasteiger partial charge on any atom is -0.461 e. The van der Waals surface area contributed by atoms with Crippen LogP contribution >= 0.6 is 0 Å².